The second-order valence-electron chi connectivity index (χ2n) is 4.63. The zero-order valence-electron chi connectivity index (χ0n) is 10.8. The van der Waals surface area contributed by atoms with Crippen molar-refractivity contribution in [2.45, 2.75) is 19.9 Å². The highest BCUT2D eigenvalue weighted by Gasteiger charge is 2.13. The molecular weight excluding hydrogens is 230 g/mol. The fraction of sp³-hybridized carbons (Fsp3) is 0.538. The minimum Gasteiger partial charge on any atom is -0.378 e. The molecular formula is C13H19N3O2. The lowest BCUT2D eigenvalue weighted by Crippen LogP contribution is -2.36. The Labute approximate surface area is 107 Å². The molecule has 1 aliphatic rings. The van der Waals surface area contributed by atoms with E-state index in [0.29, 0.717) is 5.69 Å². The van der Waals surface area contributed by atoms with Gasteiger partial charge in [-0.15, -0.1) is 0 Å². The van der Waals surface area contributed by atoms with E-state index in [2.05, 4.69) is 15.2 Å². The van der Waals surface area contributed by atoms with E-state index in [9.17, 15) is 4.79 Å². The van der Waals surface area contributed by atoms with Crippen LogP contribution in [0.4, 0.5) is 5.69 Å². The molecule has 18 heavy (non-hydrogen) atoms. The summed E-state index contributed by atoms with van der Waals surface area (Å²) >= 11 is 0. The summed E-state index contributed by atoms with van der Waals surface area (Å²) in [6.45, 7) is 7.10. The molecule has 1 amide bonds. The van der Waals surface area contributed by atoms with E-state index in [1.54, 1.807) is 12.3 Å². The summed E-state index contributed by atoms with van der Waals surface area (Å²) in [6, 6.07) is 3.83. The van der Waals surface area contributed by atoms with Gasteiger partial charge in [-0.25, -0.2) is 4.98 Å². The summed E-state index contributed by atoms with van der Waals surface area (Å²) in [6.07, 6.45) is 1.75. The zero-order chi connectivity index (χ0) is 13.0. The van der Waals surface area contributed by atoms with E-state index < -0.39 is 0 Å². The van der Waals surface area contributed by atoms with Gasteiger partial charge in [0.25, 0.3) is 5.91 Å². The number of hydrogen-bond acceptors (Lipinski definition) is 4. The summed E-state index contributed by atoms with van der Waals surface area (Å²) in [5.74, 6) is -0.126. The largest absolute Gasteiger partial charge is 0.378 e. The van der Waals surface area contributed by atoms with Crippen molar-refractivity contribution in [3.63, 3.8) is 0 Å². The standard InChI is InChI=1S/C13H19N3O2/c1-10(2)15-13(17)12-4-3-11(9-14-12)16-5-7-18-8-6-16/h3-4,9-10H,5-8H2,1-2H3,(H,15,17). The van der Waals surface area contributed by atoms with Crippen LogP contribution in [-0.4, -0.2) is 43.2 Å². The first-order valence-electron chi connectivity index (χ1n) is 6.26. The SMILES string of the molecule is CC(C)NC(=O)c1ccc(N2CCOCC2)cn1. The summed E-state index contributed by atoms with van der Waals surface area (Å²) in [7, 11) is 0. The summed E-state index contributed by atoms with van der Waals surface area (Å²) in [5, 5.41) is 2.82. The molecule has 0 unspecified atom stereocenters. The molecule has 1 aliphatic heterocycles. The number of morpholine rings is 1. The van der Waals surface area contributed by atoms with Crippen LogP contribution in [-0.2, 0) is 4.74 Å². The van der Waals surface area contributed by atoms with Crippen LogP contribution in [0.2, 0.25) is 0 Å². The summed E-state index contributed by atoms with van der Waals surface area (Å²) < 4.78 is 5.30. The average molecular weight is 249 g/mol. The second kappa shape index (κ2) is 5.82. The minimum atomic E-state index is -0.126. The van der Waals surface area contributed by atoms with Gasteiger partial charge in [0.15, 0.2) is 0 Å². The minimum absolute atomic E-state index is 0.123. The van der Waals surface area contributed by atoms with Crippen molar-refractivity contribution in [1.29, 1.82) is 0 Å². The third-order valence-corrected chi connectivity index (χ3v) is 2.78. The quantitative estimate of drug-likeness (QED) is 0.870. The van der Waals surface area contributed by atoms with Crippen molar-refractivity contribution in [2.75, 3.05) is 31.2 Å². The molecule has 5 nitrogen and oxygen atoms in total. The van der Waals surface area contributed by atoms with Crippen molar-refractivity contribution in [3.8, 4) is 0 Å². The number of aromatic nitrogens is 1. The first-order chi connectivity index (χ1) is 8.66. The normalized spacial score (nSPS) is 15.8. The van der Waals surface area contributed by atoms with E-state index in [1.165, 1.54) is 0 Å². The van der Waals surface area contributed by atoms with Gasteiger partial charge in [-0.2, -0.15) is 0 Å². The van der Waals surface area contributed by atoms with Gasteiger partial charge in [0.2, 0.25) is 0 Å². The topological polar surface area (TPSA) is 54.5 Å². The number of rotatable bonds is 3. The number of hydrogen-bond donors (Lipinski definition) is 1. The third kappa shape index (κ3) is 3.20. The van der Waals surface area contributed by atoms with Crippen molar-refractivity contribution < 1.29 is 9.53 Å². The first-order valence-corrected chi connectivity index (χ1v) is 6.26. The van der Waals surface area contributed by atoms with E-state index in [4.69, 9.17) is 4.74 Å². The van der Waals surface area contributed by atoms with Gasteiger partial charge >= 0.3 is 0 Å². The molecule has 0 radical (unpaired) electrons. The van der Waals surface area contributed by atoms with Crippen LogP contribution in [0.3, 0.4) is 0 Å². The molecule has 1 aromatic rings. The zero-order valence-corrected chi connectivity index (χ0v) is 10.8. The number of amides is 1. The van der Waals surface area contributed by atoms with E-state index in [-0.39, 0.29) is 11.9 Å². The number of carbonyl (C=O) groups excluding carboxylic acids is 1. The molecule has 1 saturated heterocycles. The lowest BCUT2D eigenvalue weighted by Gasteiger charge is -2.28. The van der Waals surface area contributed by atoms with E-state index in [1.807, 2.05) is 19.9 Å². The molecule has 1 fully saturated rings. The van der Waals surface area contributed by atoms with Crippen LogP contribution in [0, 0.1) is 0 Å². The lowest BCUT2D eigenvalue weighted by molar-refractivity contribution is 0.0938. The Hall–Kier alpha value is -1.62. The smallest absolute Gasteiger partial charge is 0.270 e. The molecule has 0 spiro atoms. The van der Waals surface area contributed by atoms with Crippen LogP contribution in [0.15, 0.2) is 18.3 Å². The van der Waals surface area contributed by atoms with Gasteiger partial charge in [0.1, 0.15) is 5.69 Å². The third-order valence-electron chi connectivity index (χ3n) is 2.78. The van der Waals surface area contributed by atoms with E-state index in [0.717, 1.165) is 32.0 Å². The van der Waals surface area contributed by atoms with Crippen LogP contribution in [0.1, 0.15) is 24.3 Å². The van der Waals surface area contributed by atoms with Gasteiger partial charge in [-0.1, -0.05) is 0 Å². The van der Waals surface area contributed by atoms with Gasteiger partial charge in [0.05, 0.1) is 25.1 Å². The van der Waals surface area contributed by atoms with Crippen molar-refractivity contribution in [2.24, 2.45) is 0 Å². The monoisotopic (exact) mass is 249 g/mol. The predicted octanol–water partition coefficient (Wildman–Crippen LogP) is 1.06. The summed E-state index contributed by atoms with van der Waals surface area (Å²) in [5.41, 5.74) is 1.50. The Morgan fingerprint density at radius 3 is 2.67 bits per heavy atom. The predicted molar refractivity (Wildman–Crippen MR) is 69.9 cm³/mol. The van der Waals surface area contributed by atoms with Gasteiger partial charge in [0, 0.05) is 19.1 Å². The molecule has 0 bridgehead atoms. The number of nitrogens with zero attached hydrogens (tertiary/aromatic N) is 2. The Kier molecular flexibility index (Phi) is 4.15. The Morgan fingerprint density at radius 2 is 2.11 bits per heavy atom. The number of carbonyl (C=O) groups is 1. The van der Waals surface area contributed by atoms with Gasteiger partial charge in [-0.3, -0.25) is 4.79 Å². The summed E-state index contributed by atoms with van der Waals surface area (Å²) in [4.78, 5) is 18.2. The maximum atomic E-state index is 11.7. The highest BCUT2D eigenvalue weighted by molar-refractivity contribution is 5.92. The Balaban J connectivity index is 2.02. The average Bonchev–Trinajstić information content (AvgIpc) is 2.39. The fourth-order valence-corrected chi connectivity index (χ4v) is 1.87. The van der Waals surface area contributed by atoms with Gasteiger partial charge < -0.3 is 15.0 Å². The molecule has 2 heterocycles. The molecule has 5 heteroatoms. The number of anilines is 1. The maximum Gasteiger partial charge on any atom is 0.270 e. The van der Waals surface area contributed by atoms with Crippen LogP contribution in [0.25, 0.3) is 0 Å². The van der Waals surface area contributed by atoms with E-state index >= 15 is 0 Å². The van der Waals surface area contributed by atoms with Crippen LogP contribution >= 0.6 is 0 Å². The van der Waals surface area contributed by atoms with Gasteiger partial charge in [-0.05, 0) is 26.0 Å². The fourth-order valence-electron chi connectivity index (χ4n) is 1.87. The molecule has 0 aromatic carbocycles. The van der Waals surface area contributed by atoms with Crippen molar-refractivity contribution >= 4 is 11.6 Å². The molecule has 0 atom stereocenters. The molecule has 98 valence electrons. The Bertz CT molecular complexity index is 397. The van der Waals surface area contributed by atoms with Crippen LogP contribution in [0.5, 0.6) is 0 Å². The van der Waals surface area contributed by atoms with Crippen molar-refractivity contribution in [3.05, 3.63) is 24.0 Å². The van der Waals surface area contributed by atoms with Crippen molar-refractivity contribution in [1.82, 2.24) is 10.3 Å². The lowest BCUT2D eigenvalue weighted by atomic mass is 10.2. The molecule has 1 N–H and O–H groups in total. The molecule has 2 rings (SSSR count). The Morgan fingerprint density at radius 1 is 1.39 bits per heavy atom. The molecule has 0 aliphatic carbocycles. The second-order valence-corrected chi connectivity index (χ2v) is 4.63. The maximum absolute atomic E-state index is 11.7. The number of pyridine rings is 1. The first kappa shape index (κ1) is 12.8. The number of nitrogens with one attached hydrogen (secondary N) is 1. The number of ether oxygens (including phenoxy) is 1. The molecule has 1 aromatic heterocycles. The van der Waals surface area contributed by atoms with Crippen LogP contribution < -0.4 is 10.2 Å². The highest BCUT2D eigenvalue weighted by atomic mass is 16.5. The molecule has 0 saturated carbocycles. The highest BCUT2D eigenvalue weighted by Crippen LogP contribution is 2.14.